The summed E-state index contributed by atoms with van der Waals surface area (Å²) >= 11 is 0. The zero-order chi connectivity index (χ0) is 11.0. The van der Waals surface area contributed by atoms with Crippen molar-refractivity contribution >= 4 is 11.2 Å². The highest BCUT2D eigenvalue weighted by Gasteiger charge is 2.11. The van der Waals surface area contributed by atoms with Crippen LogP contribution in [0.5, 0.6) is 0 Å². The second-order valence-corrected chi connectivity index (χ2v) is 3.86. The number of imidazole rings is 1. The Morgan fingerprint density at radius 3 is 2.87 bits per heavy atom. The van der Waals surface area contributed by atoms with Crippen molar-refractivity contribution in [2.45, 2.75) is 20.4 Å². The van der Waals surface area contributed by atoms with E-state index < -0.39 is 0 Å². The van der Waals surface area contributed by atoms with Gasteiger partial charge in [0, 0.05) is 6.54 Å². The average molecular weight is 208 g/mol. The first-order chi connectivity index (χ1) is 7.09. The van der Waals surface area contributed by atoms with E-state index in [1.54, 1.807) is 0 Å². The zero-order valence-corrected chi connectivity index (χ0v) is 8.57. The smallest absolute Gasteiger partial charge is 0.311 e. The molecule has 15 heavy (non-hydrogen) atoms. The minimum absolute atomic E-state index is 0.289. The molecular weight excluding hydrogens is 196 g/mol. The van der Waals surface area contributed by atoms with E-state index in [1.807, 2.05) is 13.8 Å². The Bertz CT molecular complexity index is 590. The third-order valence-corrected chi connectivity index (χ3v) is 2.12. The number of aromatic nitrogens is 4. The quantitative estimate of drug-likeness (QED) is 0.732. The molecule has 2 N–H and O–H groups in total. The van der Waals surface area contributed by atoms with Gasteiger partial charge in [-0.15, -0.1) is 0 Å². The van der Waals surface area contributed by atoms with Gasteiger partial charge in [0.2, 0.25) is 0 Å². The van der Waals surface area contributed by atoms with Crippen LogP contribution in [0.15, 0.2) is 15.9 Å². The molecule has 80 valence electrons. The van der Waals surface area contributed by atoms with Crippen molar-refractivity contribution < 1.29 is 0 Å². The first-order valence-electron chi connectivity index (χ1n) is 4.76. The van der Waals surface area contributed by atoms with Crippen molar-refractivity contribution in [3.63, 3.8) is 0 Å². The van der Waals surface area contributed by atoms with Crippen LogP contribution in [-0.2, 0) is 6.54 Å². The second kappa shape index (κ2) is 3.38. The van der Waals surface area contributed by atoms with Crippen LogP contribution in [0.4, 0.5) is 0 Å². The van der Waals surface area contributed by atoms with Crippen molar-refractivity contribution in [3.05, 3.63) is 27.2 Å². The number of rotatable bonds is 2. The summed E-state index contributed by atoms with van der Waals surface area (Å²) in [6, 6.07) is 0. The van der Waals surface area contributed by atoms with Crippen LogP contribution < -0.4 is 11.2 Å². The van der Waals surface area contributed by atoms with Crippen molar-refractivity contribution in [2.75, 3.05) is 0 Å². The second-order valence-electron chi connectivity index (χ2n) is 3.86. The Morgan fingerprint density at radius 1 is 1.47 bits per heavy atom. The van der Waals surface area contributed by atoms with Crippen molar-refractivity contribution in [3.8, 4) is 0 Å². The number of H-pyrrole nitrogens is 2. The van der Waals surface area contributed by atoms with E-state index in [4.69, 9.17) is 0 Å². The van der Waals surface area contributed by atoms with E-state index in [1.165, 1.54) is 10.9 Å². The Morgan fingerprint density at radius 2 is 2.20 bits per heavy atom. The number of hydrogen-bond acceptors (Lipinski definition) is 3. The number of fused-ring (bicyclic) bond motifs is 1. The zero-order valence-electron chi connectivity index (χ0n) is 8.57. The van der Waals surface area contributed by atoms with Gasteiger partial charge in [-0.05, 0) is 5.92 Å². The van der Waals surface area contributed by atoms with Gasteiger partial charge < -0.3 is 4.98 Å². The van der Waals surface area contributed by atoms with Gasteiger partial charge in [0.25, 0.3) is 5.56 Å². The molecule has 6 nitrogen and oxygen atoms in total. The van der Waals surface area contributed by atoms with Gasteiger partial charge in [-0.25, -0.2) is 9.78 Å². The van der Waals surface area contributed by atoms with Gasteiger partial charge in [0.05, 0.1) is 6.33 Å². The van der Waals surface area contributed by atoms with Gasteiger partial charge in [-0.2, -0.15) is 0 Å². The highest BCUT2D eigenvalue weighted by molar-refractivity contribution is 5.68. The molecule has 0 fully saturated rings. The highest BCUT2D eigenvalue weighted by Crippen LogP contribution is 2.03. The van der Waals surface area contributed by atoms with Crippen LogP contribution >= 0.6 is 0 Å². The molecule has 0 spiro atoms. The standard InChI is InChI=1S/C9H12N4O2/c1-5(2)3-13-6-7(12-9(13)15)10-4-11-8(6)14/h4-5H,3H2,1-2H3,(H2,10,11,12,14,15). The molecule has 2 aromatic heterocycles. The Balaban J connectivity index is 2.77. The molecule has 0 saturated heterocycles. The topological polar surface area (TPSA) is 83.5 Å². The largest absolute Gasteiger partial charge is 0.327 e. The number of nitrogens with one attached hydrogen (secondary N) is 2. The molecule has 0 aliphatic rings. The van der Waals surface area contributed by atoms with Crippen LogP contribution in [0, 0.1) is 5.92 Å². The maximum Gasteiger partial charge on any atom is 0.327 e. The van der Waals surface area contributed by atoms with Gasteiger partial charge in [0.15, 0.2) is 11.2 Å². The molecule has 0 aromatic carbocycles. The summed E-state index contributed by atoms with van der Waals surface area (Å²) in [4.78, 5) is 32.0. The third kappa shape index (κ3) is 1.58. The molecule has 2 rings (SSSR count). The van der Waals surface area contributed by atoms with Gasteiger partial charge in [0.1, 0.15) is 0 Å². The van der Waals surface area contributed by atoms with Gasteiger partial charge in [-0.1, -0.05) is 13.8 Å². The molecule has 0 aliphatic heterocycles. The molecule has 0 bridgehead atoms. The SMILES string of the molecule is CC(C)Cn1c(=O)[nH]c2nc[nH]c(=O)c21. The van der Waals surface area contributed by atoms with Crippen LogP contribution in [-0.4, -0.2) is 19.5 Å². The Hall–Kier alpha value is -1.85. The monoisotopic (exact) mass is 208 g/mol. The molecule has 0 radical (unpaired) electrons. The molecule has 2 aromatic rings. The Labute approximate surface area is 85.0 Å². The summed E-state index contributed by atoms with van der Waals surface area (Å²) in [5, 5.41) is 0. The van der Waals surface area contributed by atoms with Crippen molar-refractivity contribution in [1.82, 2.24) is 19.5 Å². The first-order valence-corrected chi connectivity index (χ1v) is 4.76. The fourth-order valence-corrected chi connectivity index (χ4v) is 1.54. The first kappa shape index (κ1) is 9.70. The lowest BCUT2D eigenvalue weighted by Gasteiger charge is -2.04. The maximum atomic E-state index is 11.5. The fourth-order valence-electron chi connectivity index (χ4n) is 1.54. The van der Waals surface area contributed by atoms with E-state index in [0.29, 0.717) is 23.6 Å². The minimum atomic E-state index is -0.293. The lowest BCUT2D eigenvalue weighted by atomic mass is 10.2. The Kier molecular flexibility index (Phi) is 2.18. The van der Waals surface area contributed by atoms with E-state index in [2.05, 4.69) is 15.0 Å². The molecule has 0 saturated carbocycles. The molecule has 2 heterocycles. The van der Waals surface area contributed by atoms with Crippen LogP contribution in [0.2, 0.25) is 0 Å². The summed E-state index contributed by atoms with van der Waals surface area (Å²) in [7, 11) is 0. The van der Waals surface area contributed by atoms with E-state index in [-0.39, 0.29) is 11.2 Å². The number of nitrogens with zero attached hydrogens (tertiary/aromatic N) is 2. The number of aromatic amines is 2. The summed E-state index contributed by atoms with van der Waals surface area (Å²) in [6.45, 7) is 4.47. The lowest BCUT2D eigenvalue weighted by molar-refractivity contribution is 0.521. The maximum absolute atomic E-state index is 11.5. The van der Waals surface area contributed by atoms with Crippen LogP contribution in [0.1, 0.15) is 13.8 Å². The highest BCUT2D eigenvalue weighted by atomic mass is 16.2. The van der Waals surface area contributed by atoms with E-state index in [9.17, 15) is 9.59 Å². The predicted octanol–water partition coefficient (Wildman–Crippen LogP) is 0.0689. The lowest BCUT2D eigenvalue weighted by Crippen LogP contribution is -2.22. The molecule has 6 heteroatoms. The summed E-state index contributed by atoms with van der Waals surface area (Å²) in [5.41, 5.74) is 0.0718. The minimum Gasteiger partial charge on any atom is -0.311 e. The average Bonchev–Trinajstić information content (AvgIpc) is 2.43. The summed E-state index contributed by atoms with van der Waals surface area (Å²) in [6.07, 6.45) is 1.28. The summed E-state index contributed by atoms with van der Waals surface area (Å²) < 4.78 is 1.42. The molecule has 0 aliphatic carbocycles. The normalized spacial score (nSPS) is 11.4. The van der Waals surface area contributed by atoms with Crippen molar-refractivity contribution in [2.24, 2.45) is 5.92 Å². The summed E-state index contributed by atoms with van der Waals surface area (Å²) in [5.74, 6) is 0.293. The molecule has 0 amide bonds. The van der Waals surface area contributed by atoms with Gasteiger partial charge >= 0.3 is 5.69 Å². The molecule has 0 atom stereocenters. The van der Waals surface area contributed by atoms with E-state index in [0.717, 1.165) is 0 Å². The molecule has 0 unspecified atom stereocenters. The number of hydrogen-bond donors (Lipinski definition) is 2. The van der Waals surface area contributed by atoms with Crippen LogP contribution in [0.25, 0.3) is 11.2 Å². The fraction of sp³-hybridized carbons (Fsp3) is 0.444. The predicted molar refractivity (Wildman–Crippen MR) is 55.8 cm³/mol. The molecular formula is C9H12N4O2. The van der Waals surface area contributed by atoms with E-state index >= 15 is 0 Å². The van der Waals surface area contributed by atoms with Crippen LogP contribution in [0.3, 0.4) is 0 Å². The third-order valence-electron chi connectivity index (χ3n) is 2.12. The van der Waals surface area contributed by atoms with Crippen molar-refractivity contribution in [1.29, 1.82) is 0 Å². The van der Waals surface area contributed by atoms with Gasteiger partial charge in [-0.3, -0.25) is 14.3 Å².